The Bertz CT molecular complexity index is 642. The third kappa shape index (κ3) is 3.48. The number of alkyl halides is 3. The number of rotatable bonds is 4. The normalized spacial score (nSPS) is 11.4. The fraction of sp³-hybridized carbons (Fsp3) is 0.250. The summed E-state index contributed by atoms with van der Waals surface area (Å²) in [4.78, 5) is 20.3. The number of anilines is 1. The summed E-state index contributed by atoms with van der Waals surface area (Å²) in [5, 5.41) is 1.76. The van der Waals surface area contributed by atoms with Crippen molar-refractivity contribution in [3.63, 3.8) is 0 Å². The topological polar surface area (TPSA) is 72.1 Å². The molecule has 2 aromatic heterocycles. The number of primary amides is 1. The average molecular weight is 316 g/mol. The van der Waals surface area contributed by atoms with Gasteiger partial charge in [0.25, 0.3) is 5.91 Å². The molecule has 0 saturated carbocycles. The van der Waals surface area contributed by atoms with Crippen LogP contribution in [-0.2, 0) is 12.7 Å². The van der Waals surface area contributed by atoms with E-state index in [1.165, 1.54) is 23.3 Å². The van der Waals surface area contributed by atoms with Crippen LogP contribution in [0.2, 0.25) is 0 Å². The van der Waals surface area contributed by atoms with Gasteiger partial charge in [-0.1, -0.05) is 0 Å². The summed E-state index contributed by atoms with van der Waals surface area (Å²) in [5.74, 6) is -0.957. The van der Waals surface area contributed by atoms with Crippen LogP contribution in [0.4, 0.5) is 19.0 Å². The van der Waals surface area contributed by atoms with Crippen LogP contribution in [-0.4, -0.2) is 22.9 Å². The summed E-state index contributed by atoms with van der Waals surface area (Å²) in [6, 6.07) is 1.77. The first-order valence-electron chi connectivity index (χ1n) is 5.75. The van der Waals surface area contributed by atoms with Crippen LogP contribution < -0.4 is 10.6 Å². The number of aromatic nitrogens is 2. The Balaban J connectivity index is 2.40. The van der Waals surface area contributed by atoms with Crippen molar-refractivity contribution in [2.24, 2.45) is 5.73 Å². The SMILES string of the molecule is CN(Cc1cscn1)c1nc(C(F)(F)F)ccc1C(N)=O. The van der Waals surface area contributed by atoms with Crippen molar-refractivity contribution in [1.82, 2.24) is 9.97 Å². The molecule has 9 heteroatoms. The number of amides is 1. The van der Waals surface area contributed by atoms with Crippen LogP contribution >= 0.6 is 11.3 Å². The maximum Gasteiger partial charge on any atom is 0.433 e. The number of carbonyl (C=O) groups excluding carboxylic acids is 1. The molecular weight excluding hydrogens is 305 g/mol. The molecule has 2 N–H and O–H groups in total. The van der Waals surface area contributed by atoms with Crippen LogP contribution in [0.3, 0.4) is 0 Å². The largest absolute Gasteiger partial charge is 0.433 e. The predicted molar refractivity (Wildman–Crippen MR) is 72.0 cm³/mol. The van der Waals surface area contributed by atoms with Gasteiger partial charge in [0, 0.05) is 12.4 Å². The first kappa shape index (κ1) is 15.2. The number of hydrogen-bond acceptors (Lipinski definition) is 5. The first-order chi connectivity index (χ1) is 9.79. The van der Waals surface area contributed by atoms with Crippen molar-refractivity contribution >= 4 is 23.1 Å². The molecule has 2 aromatic rings. The zero-order valence-electron chi connectivity index (χ0n) is 10.9. The van der Waals surface area contributed by atoms with Crippen molar-refractivity contribution in [3.8, 4) is 0 Å². The highest BCUT2D eigenvalue weighted by molar-refractivity contribution is 7.07. The van der Waals surface area contributed by atoms with Gasteiger partial charge < -0.3 is 10.6 Å². The predicted octanol–water partition coefficient (Wildman–Crippen LogP) is 2.29. The molecule has 5 nitrogen and oxygen atoms in total. The number of nitrogens with two attached hydrogens (primary N) is 1. The van der Waals surface area contributed by atoms with Gasteiger partial charge in [-0.15, -0.1) is 11.3 Å². The van der Waals surface area contributed by atoms with Gasteiger partial charge in [0.1, 0.15) is 11.5 Å². The van der Waals surface area contributed by atoms with E-state index >= 15 is 0 Å². The smallest absolute Gasteiger partial charge is 0.365 e. The number of pyridine rings is 1. The van der Waals surface area contributed by atoms with Crippen LogP contribution in [0.15, 0.2) is 23.0 Å². The maximum absolute atomic E-state index is 12.7. The zero-order chi connectivity index (χ0) is 15.6. The molecule has 0 saturated heterocycles. The minimum Gasteiger partial charge on any atom is -0.365 e. The van der Waals surface area contributed by atoms with Gasteiger partial charge in [0.05, 0.1) is 23.3 Å². The molecule has 0 radical (unpaired) electrons. The Hall–Kier alpha value is -2.16. The van der Waals surface area contributed by atoms with E-state index in [9.17, 15) is 18.0 Å². The summed E-state index contributed by atoms with van der Waals surface area (Å²) in [5.41, 5.74) is 6.31. The van der Waals surface area contributed by atoms with Gasteiger partial charge in [-0.05, 0) is 12.1 Å². The van der Waals surface area contributed by atoms with E-state index in [1.54, 1.807) is 10.9 Å². The van der Waals surface area contributed by atoms with Gasteiger partial charge in [0.15, 0.2) is 0 Å². The Morgan fingerprint density at radius 3 is 2.67 bits per heavy atom. The van der Waals surface area contributed by atoms with Crippen molar-refractivity contribution in [3.05, 3.63) is 40.0 Å². The van der Waals surface area contributed by atoms with E-state index in [2.05, 4.69) is 9.97 Å². The number of nitrogens with zero attached hydrogens (tertiary/aromatic N) is 3. The first-order valence-corrected chi connectivity index (χ1v) is 6.69. The molecule has 0 aromatic carbocycles. The number of carbonyl (C=O) groups is 1. The molecule has 0 aliphatic rings. The number of thiazole rings is 1. The molecule has 1 amide bonds. The molecule has 0 aliphatic carbocycles. The second-order valence-corrected chi connectivity index (χ2v) is 4.98. The molecular formula is C12H11F3N4OS. The standard InChI is InChI=1S/C12H11F3N4OS/c1-19(4-7-5-21-6-17-7)11-8(10(16)20)2-3-9(18-11)12(13,14)15/h2-3,5-6H,4H2,1H3,(H2,16,20). The van der Waals surface area contributed by atoms with Crippen LogP contribution in [0.25, 0.3) is 0 Å². The van der Waals surface area contributed by atoms with Crippen molar-refractivity contribution in [2.45, 2.75) is 12.7 Å². The summed E-state index contributed by atoms with van der Waals surface area (Å²) >= 11 is 1.36. The minimum absolute atomic E-state index is 0.0688. The third-order valence-corrected chi connectivity index (χ3v) is 3.31. The number of hydrogen-bond donors (Lipinski definition) is 1. The lowest BCUT2D eigenvalue weighted by Crippen LogP contribution is -2.25. The quantitative estimate of drug-likeness (QED) is 0.939. The maximum atomic E-state index is 12.7. The van der Waals surface area contributed by atoms with Gasteiger partial charge >= 0.3 is 6.18 Å². The monoisotopic (exact) mass is 316 g/mol. The van der Waals surface area contributed by atoms with E-state index in [4.69, 9.17) is 5.73 Å². The van der Waals surface area contributed by atoms with Gasteiger partial charge in [-0.2, -0.15) is 13.2 Å². The molecule has 0 bridgehead atoms. The second kappa shape index (κ2) is 5.68. The van der Waals surface area contributed by atoms with Crippen LogP contribution in [0.5, 0.6) is 0 Å². The Morgan fingerprint density at radius 1 is 1.43 bits per heavy atom. The van der Waals surface area contributed by atoms with E-state index < -0.39 is 17.8 Å². The highest BCUT2D eigenvalue weighted by Crippen LogP contribution is 2.30. The highest BCUT2D eigenvalue weighted by atomic mass is 32.1. The van der Waals surface area contributed by atoms with Crippen LogP contribution in [0, 0.1) is 0 Å². The summed E-state index contributed by atoms with van der Waals surface area (Å²) < 4.78 is 38.2. The second-order valence-electron chi connectivity index (χ2n) is 4.27. The Kier molecular flexibility index (Phi) is 4.12. The molecule has 112 valence electrons. The molecule has 21 heavy (non-hydrogen) atoms. The van der Waals surface area contributed by atoms with Crippen molar-refractivity contribution in [2.75, 3.05) is 11.9 Å². The molecule has 0 fully saturated rings. The van der Waals surface area contributed by atoms with Gasteiger partial charge in [-0.25, -0.2) is 9.97 Å². The van der Waals surface area contributed by atoms with Crippen molar-refractivity contribution < 1.29 is 18.0 Å². The molecule has 0 atom stereocenters. The lowest BCUT2D eigenvalue weighted by atomic mass is 10.2. The lowest BCUT2D eigenvalue weighted by molar-refractivity contribution is -0.141. The third-order valence-electron chi connectivity index (χ3n) is 2.68. The number of halogens is 3. The lowest BCUT2D eigenvalue weighted by Gasteiger charge is -2.20. The van der Waals surface area contributed by atoms with E-state index in [-0.39, 0.29) is 17.9 Å². The summed E-state index contributed by atoms with van der Waals surface area (Å²) in [7, 11) is 1.52. The molecule has 2 heterocycles. The van der Waals surface area contributed by atoms with E-state index in [0.717, 1.165) is 12.1 Å². The zero-order valence-corrected chi connectivity index (χ0v) is 11.7. The minimum atomic E-state index is -4.59. The van der Waals surface area contributed by atoms with E-state index in [0.29, 0.717) is 5.69 Å². The summed E-state index contributed by atoms with van der Waals surface area (Å²) in [6.45, 7) is 0.220. The highest BCUT2D eigenvalue weighted by Gasteiger charge is 2.33. The Labute approximate surface area is 122 Å². The molecule has 0 aliphatic heterocycles. The van der Waals surface area contributed by atoms with Gasteiger partial charge in [-0.3, -0.25) is 4.79 Å². The average Bonchev–Trinajstić information content (AvgIpc) is 2.89. The van der Waals surface area contributed by atoms with Gasteiger partial charge in [0.2, 0.25) is 0 Å². The fourth-order valence-electron chi connectivity index (χ4n) is 1.72. The Morgan fingerprint density at radius 2 is 2.14 bits per heavy atom. The molecule has 0 unspecified atom stereocenters. The summed E-state index contributed by atoms with van der Waals surface area (Å²) in [6.07, 6.45) is -4.59. The fourth-order valence-corrected chi connectivity index (χ4v) is 2.27. The molecule has 0 spiro atoms. The van der Waals surface area contributed by atoms with Crippen LogP contribution in [0.1, 0.15) is 21.7 Å². The van der Waals surface area contributed by atoms with E-state index in [1.807, 2.05) is 0 Å². The van der Waals surface area contributed by atoms with Crippen molar-refractivity contribution in [1.29, 1.82) is 0 Å². The molecule has 2 rings (SSSR count).